The molecule has 0 aliphatic carbocycles. The lowest BCUT2D eigenvalue weighted by Gasteiger charge is -2.21. The van der Waals surface area contributed by atoms with Gasteiger partial charge in [-0.15, -0.1) is 0 Å². The molecule has 0 radical (unpaired) electrons. The van der Waals surface area contributed by atoms with Crippen LogP contribution in [0.2, 0.25) is 0 Å². The summed E-state index contributed by atoms with van der Waals surface area (Å²) in [6.45, 7) is 5.40. The van der Waals surface area contributed by atoms with Crippen molar-refractivity contribution in [1.82, 2.24) is 20.9 Å². The van der Waals surface area contributed by atoms with E-state index < -0.39 is 0 Å². The zero-order valence-electron chi connectivity index (χ0n) is 6.06. The molecule has 0 aromatic rings. The van der Waals surface area contributed by atoms with Crippen LogP contribution < -0.4 is 16.0 Å². The molecule has 1 atom stereocenters. The molecule has 0 amide bonds. The Morgan fingerprint density at radius 1 is 1.30 bits per heavy atom. The minimum Gasteiger partial charge on any atom is -0.303 e. The maximum atomic E-state index is 3.37. The molecule has 2 aliphatic rings. The molecule has 2 rings (SSSR count). The minimum absolute atomic E-state index is 0.565. The second kappa shape index (κ2) is 2.84. The van der Waals surface area contributed by atoms with Crippen LogP contribution in [0.5, 0.6) is 0 Å². The van der Waals surface area contributed by atoms with E-state index in [0.29, 0.717) is 6.17 Å². The molecule has 4 nitrogen and oxygen atoms in total. The highest BCUT2D eigenvalue weighted by atomic mass is 15.4. The first kappa shape index (κ1) is 6.54. The lowest BCUT2D eigenvalue weighted by atomic mass is 10.4. The Bertz CT molecular complexity index is 90.3. The predicted octanol–water partition coefficient (Wildman–Crippen LogP) is -1.67. The standard InChI is InChI=1S/C6H14N4/c1-2-10(5-7-1)6-3-8-4-9-6/h6-9H,1-5H2. The second-order valence-corrected chi connectivity index (χ2v) is 2.82. The molecule has 2 aliphatic heterocycles. The summed E-state index contributed by atoms with van der Waals surface area (Å²) in [6.07, 6.45) is 0.565. The molecule has 4 heteroatoms. The molecular weight excluding hydrogens is 128 g/mol. The molecule has 0 spiro atoms. The molecule has 2 saturated heterocycles. The molecule has 0 saturated carbocycles. The van der Waals surface area contributed by atoms with Gasteiger partial charge in [-0.2, -0.15) is 0 Å². The molecule has 0 aromatic carbocycles. The molecule has 1 unspecified atom stereocenters. The summed E-state index contributed by atoms with van der Waals surface area (Å²) < 4.78 is 0. The highest BCUT2D eigenvalue weighted by Gasteiger charge is 2.23. The quantitative estimate of drug-likeness (QED) is 0.409. The van der Waals surface area contributed by atoms with Crippen molar-refractivity contribution < 1.29 is 0 Å². The molecule has 58 valence electrons. The van der Waals surface area contributed by atoms with Gasteiger partial charge in [0.1, 0.15) is 0 Å². The highest BCUT2D eigenvalue weighted by Crippen LogP contribution is 1.99. The number of rotatable bonds is 1. The maximum Gasteiger partial charge on any atom is 0.0746 e. The fraction of sp³-hybridized carbons (Fsp3) is 1.00. The first-order chi connectivity index (χ1) is 4.97. The van der Waals surface area contributed by atoms with Crippen molar-refractivity contribution in [2.45, 2.75) is 6.17 Å². The molecular formula is C6H14N4. The van der Waals surface area contributed by atoms with Crippen molar-refractivity contribution in [3.8, 4) is 0 Å². The third-order valence-corrected chi connectivity index (χ3v) is 2.13. The van der Waals surface area contributed by atoms with E-state index in [4.69, 9.17) is 0 Å². The zero-order chi connectivity index (χ0) is 6.81. The summed E-state index contributed by atoms with van der Waals surface area (Å²) in [4.78, 5) is 2.42. The van der Waals surface area contributed by atoms with Crippen LogP contribution in [0.15, 0.2) is 0 Å². The van der Waals surface area contributed by atoms with E-state index in [0.717, 1.165) is 26.4 Å². The Morgan fingerprint density at radius 3 is 2.90 bits per heavy atom. The number of nitrogens with zero attached hydrogens (tertiary/aromatic N) is 1. The van der Waals surface area contributed by atoms with Crippen molar-refractivity contribution in [3.05, 3.63) is 0 Å². The Morgan fingerprint density at radius 2 is 2.30 bits per heavy atom. The summed E-state index contributed by atoms with van der Waals surface area (Å²) >= 11 is 0. The van der Waals surface area contributed by atoms with Gasteiger partial charge in [0.05, 0.1) is 6.17 Å². The first-order valence-electron chi connectivity index (χ1n) is 3.86. The largest absolute Gasteiger partial charge is 0.303 e. The van der Waals surface area contributed by atoms with E-state index in [-0.39, 0.29) is 0 Å². The minimum atomic E-state index is 0.565. The van der Waals surface area contributed by atoms with Gasteiger partial charge in [-0.25, -0.2) is 0 Å². The Balaban J connectivity index is 1.85. The van der Waals surface area contributed by atoms with E-state index >= 15 is 0 Å². The summed E-state index contributed by atoms with van der Waals surface area (Å²) in [5.41, 5.74) is 0. The van der Waals surface area contributed by atoms with Crippen molar-refractivity contribution in [1.29, 1.82) is 0 Å². The van der Waals surface area contributed by atoms with Gasteiger partial charge < -0.3 is 10.6 Å². The lowest BCUT2D eigenvalue weighted by Crippen LogP contribution is -2.42. The average molecular weight is 142 g/mol. The Labute approximate surface area is 61.0 Å². The SMILES string of the molecule is C1CN(C2CNCN2)CN1. The van der Waals surface area contributed by atoms with E-state index in [2.05, 4.69) is 20.9 Å². The normalized spacial score (nSPS) is 35.4. The summed E-state index contributed by atoms with van der Waals surface area (Å²) in [6, 6.07) is 0. The van der Waals surface area contributed by atoms with Crippen LogP contribution in [0.3, 0.4) is 0 Å². The predicted molar refractivity (Wildman–Crippen MR) is 39.4 cm³/mol. The Kier molecular flexibility index (Phi) is 1.86. The van der Waals surface area contributed by atoms with Crippen LogP contribution in [0, 0.1) is 0 Å². The molecule has 2 heterocycles. The van der Waals surface area contributed by atoms with Crippen LogP contribution in [-0.4, -0.2) is 44.0 Å². The van der Waals surface area contributed by atoms with Gasteiger partial charge in [0.25, 0.3) is 0 Å². The van der Waals surface area contributed by atoms with Crippen molar-refractivity contribution >= 4 is 0 Å². The number of hydrogen-bond acceptors (Lipinski definition) is 4. The second-order valence-electron chi connectivity index (χ2n) is 2.82. The summed E-state index contributed by atoms with van der Waals surface area (Å²) in [5.74, 6) is 0. The zero-order valence-corrected chi connectivity index (χ0v) is 6.06. The van der Waals surface area contributed by atoms with E-state index in [1.165, 1.54) is 6.54 Å². The smallest absolute Gasteiger partial charge is 0.0746 e. The molecule has 10 heavy (non-hydrogen) atoms. The van der Waals surface area contributed by atoms with Gasteiger partial charge in [0.2, 0.25) is 0 Å². The van der Waals surface area contributed by atoms with Crippen LogP contribution in [0.25, 0.3) is 0 Å². The lowest BCUT2D eigenvalue weighted by molar-refractivity contribution is 0.234. The monoisotopic (exact) mass is 142 g/mol. The maximum absolute atomic E-state index is 3.37. The van der Waals surface area contributed by atoms with E-state index in [1.807, 2.05) is 0 Å². The fourth-order valence-electron chi connectivity index (χ4n) is 1.52. The van der Waals surface area contributed by atoms with E-state index in [1.54, 1.807) is 0 Å². The van der Waals surface area contributed by atoms with Crippen LogP contribution in [0.1, 0.15) is 0 Å². The van der Waals surface area contributed by atoms with Crippen LogP contribution in [-0.2, 0) is 0 Å². The van der Waals surface area contributed by atoms with Crippen LogP contribution >= 0.6 is 0 Å². The number of hydrogen-bond donors (Lipinski definition) is 3. The van der Waals surface area contributed by atoms with Gasteiger partial charge in [-0.3, -0.25) is 10.2 Å². The molecule has 3 N–H and O–H groups in total. The topological polar surface area (TPSA) is 39.3 Å². The van der Waals surface area contributed by atoms with Gasteiger partial charge in [-0.1, -0.05) is 0 Å². The molecule has 0 bridgehead atoms. The fourth-order valence-corrected chi connectivity index (χ4v) is 1.52. The third-order valence-electron chi connectivity index (χ3n) is 2.13. The van der Waals surface area contributed by atoms with Gasteiger partial charge >= 0.3 is 0 Å². The van der Waals surface area contributed by atoms with Gasteiger partial charge in [0.15, 0.2) is 0 Å². The van der Waals surface area contributed by atoms with Crippen molar-refractivity contribution in [2.75, 3.05) is 33.0 Å². The molecule has 0 aromatic heterocycles. The van der Waals surface area contributed by atoms with Gasteiger partial charge in [0, 0.05) is 33.0 Å². The molecule has 2 fully saturated rings. The van der Waals surface area contributed by atoms with E-state index in [9.17, 15) is 0 Å². The summed E-state index contributed by atoms with van der Waals surface area (Å²) in [5, 5.41) is 9.95. The van der Waals surface area contributed by atoms with Crippen molar-refractivity contribution in [3.63, 3.8) is 0 Å². The summed E-state index contributed by atoms with van der Waals surface area (Å²) in [7, 11) is 0. The van der Waals surface area contributed by atoms with Gasteiger partial charge in [-0.05, 0) is 0 Å². The average Bonchev–Trinajstić information content (AvgIpc) is 2.59. The van der Waals surface area contributed by atoms with Crippen LogP contribution in [0.4, 0.5) is 0 Å². The van der Waals surface area contributed by atoms with Crippen molar-refractivity contribution in [2.24, 2.45) is 0 Å². The first-order valence-corrected chi connectivity index (χ1v) is 3.86. The Hall–Kier alpha value is -0.160. The number of nitrogens with one attached hydrogen (secondary N) is 3. The third kappa shape index (κ3) is 1.15. The highest BCUT2D eigenvalue weighted by molar-refractivity contribution is 4.79.